The Hall–Kier alpha value is -1.01. The van der Waals surface area contributed by atoms with Crippen molar-refractivity contribution in [3.63, 3.8) is 0 Å². The third-order valence-corrected chi connectivity index (χ3v) is 1.04. The summed E-state index contributed by atoms with van der Waals surface area (Å²) in [7, 11) is 0. The fourth-order valence-corrected chi connectivity index (χ4v) is 0.472. The van der Waals surface area contributed by atoms with Gasteiger partial charge in [-0.25, -0.2) is 4.39 Å². The number of aliphatic hydroxyl groups excluding tert-OH is 1. The molecule has 0 heterocycles. The van der Waals surface area contributed by atoms with Gasteiger partial charge in [0.2, 0.25) is 6.17 Å². The molecule has 0 radical (unpaired) electrons. The highest BCUT2D eigenvalue weighted by Gasteiger charge is 2.44. The second kappa shape index (κ2) is 4.13. The van der Waals surface area contributed by atoms with E-state index in [4.69, 9.17) is 10.6 Å². The predicted octanol–water partition coefficient (Wildman–Crippen LogP) is 1.56. The van der Waals surface area contributed by atoms with E-state index in [2.05, 4.69) is 5.11 Å². The van der Waals surface area contributed by atoms with Crippen molar-refractivity contribution in [1.29, 1.82) is 0 Å². The zero-order valence-corrected chi connectivity index (χ0v) is 5.66. The van der Waals surface area contributed by atoms with E-state index in [0.717, 1.165) is 0 Å². The SMILES string of the molecule is [N-]=[N+]=NC(CO)C(F)C(F)(F)F. The topological polar surface area (TPSA) is 69.0 Å². The van der Waals surface area contributed by atoms with Crippen molar-refractivity contribution in [2.24, 2.45) is 5.11 Å². The molecule has 0 saturated heterocycles. The fraction of sp³-hybridized carbons (Fsp3) is 1.00. The number of alkyl halides is 4. The summed E-state index contributed by atoms with van der Waals surface area (Å²) >= 11 is 0. The van der Waals surface area contributed by atoms with Crippen LogP contribution in [0.25, 0.3) is 10.4 Å². The van der Waals surface area contributed by atoms with Gasteiger partial charge in [0, 0.05) is 4.91 Å². The van der Waals surface area contributed by atoms with E-state index >= 15 is 0 Å². The lowest BCUT2D eigenvalue weighted by molar-refractivity contribution is -0.187. The number of azide groups is 1. The molecule has 70 valence electrons. The molecular formula is C4H5F4N3O. The van der Waals surface area contributed by atoms with Crippen LogP contribution < -0.4 is 0 Å². The molecule has 2 atom stereocenters. The predicted molar refractivity (Wildman–Crippen MR) is 31.0 cm³/mol. The molecule has 0 bridgehead atoms. The Balaban J connectivity index is 4.41. The number of hydrogen-bond donors (Lipinski definition) is 1. The standard InChI is InChI=1S/C4H5F4N3O/c5-3(4(6,7)8)2(1-12)10-11-9/h2-3,12H,1H2. The van der Waals surface area contributed by atoms with Crippen LogP contribution in [-0.2, 0) is 0 Å². The van der Waals surface area contributed by atoms with Gasteiger partial charge in [-0.1, -0.05) is 5.11 Å². The van der Waals surface area contributed by atoms with E-state index in [0.29, 0.717) is 0 Å². The van der Waals surface area contributed by atoms with Crippen LogP contribution in [0.1, 0.15) is 0 Å². The zero-order chi connectivity index (χ0) is 9.78. The Morgan fingerprint density at radius 1 is 1.50 bits per heavy atom. The van der Waals surface area contributed by atoms with Gasteiger partial charge in [-0.3, -0.25) is 0 Å². The Labute approximate surface area is 64.4 Å². The number of rotatable bonds is 3. The molecule has 1 N–H and O–H groups in total. The second-order valence-electron chi connectivity index (χ2n) is 1.90. The van der Waals surface area contributed by atoms with E-state index in [1.165, 1.54) is 0 Å². The minimum absolute atomic E-state index is 1.18. The highest BCUT2D eigenvalue weighted by atomic mass is 19.4. The molecular weight excluding hydrogens is 182 g/mol. The molecule has 0 fully saturated rings. The fourth-order valence-electron chi connectivity index (χ4n) is 0.472. The lowest BCUT2D eigenvalue weighted by Gasteiger charge is -2.16. The Morgan fingerprint density at radius 2 is 2.00 bits per heavy atom. The van der Waals surface area contributed by atoms with E-state index in [1.807, 2.05) is 4.91 Å². The first-order chi connectivity index (χ1) is 5.43. The van der Waals surface area contributed by atoms with Crippen LogP contribution in [0.4, 0.5) is 17.6 Å². The van der Waals surface area contributed by atoms with E-state index in [9.17, 15) is 17.6 Å². The smallest absolute Gasteiger partial charge is 0.396 e. The van der Waals surface area contributed by atoms with Crippen molar-refractivity contribution >= 4 is 0 Å². The summed E-state index contributed by atoms with van der Waals surface area (Å²) in [4.78, 5) is 1.97. The van der Waals surface area contributed by atoms with Crippen LogP contribution >= 0.6 is 0 Å². The highest BCUT2D eigenvalue weighted by molar-refractivity contribution is 4.81. The van der Waals surface area contributed by atoms with E-state index < -0.39 is 25.0 Å². The molecule has 0 rings (SSSR count). The molecule has 0 aromatic rings. The Kier molecular flexibility index (Phi) is 3.78. The van der Waals surface area contributed by atoms with Crippen LogP contribution in [-0.4, -0.2) is 30.1 Å². The van der Waals surface area contributed by atoms with Crippen LogP contribution in [0, 0.1) is 0 Å². The largest absolute Gasteiger partial charge is 0.420 e. The Morgan fingerprint density at radius 3 is 2.25 bits per heavy atom. The van der Waals surface area contributed by atoms with Crippen molar-refractivity contribution in [1.82, 2.24) is 0 Å². The van der Waals surface area contributed by atoms with Crippen molar-refractivity contribution in [3.8, 4) is 0 Å². The number of nitrogens with zero attached hydrogens (tertiary/aromatic N) is 3. The quantitative estimate of drug-likeness (QED) is 0.309. The second-order valence-corrected chi connectivity index (χ2v) is 1.90. The molecule has 0 amide bonds. The summed E-state index contributed by atoms with van der Waals surface area (Å²) in [6.07, 6.45) is -8.43. The minimum atomic E-state index is -5.11. The van der Waals surface area contributed by atoms with Gasteiger partial charge >= 0.3 is 6.18 Å². The minimum Gasteiger partial charge on any atom is -0.396 e. The van der Waals surface area contributed by atoms with Gasteiger partial charge in [0.25, 0.3) is 0 Å². The van der Waals surface area contributed by atoms with Crippen LogP contribution in [0.2, 0.25) is 0 Å². The van der Waals surface area contributed by atoms with Gasteiger partial charge in [0.05, 0.1) is 6.61 Å². The molecule has 0 spiro atoms. The van der Waals surface area contributed by atoms with Gasteiger partial charge in [-0.05, 0) is 5.53 Å². The van der Waals surface area contributed by atoms with Gasteiger partial charge < -0.3 is 5.11 Å². The normalized spacial score (nSPS) is 16.4. The number of hydrogen-bond acceptors (Lipinski definition) is 2. The molecule has 2 unspecified atom stereocenters. The molecule has 0 aromatic carbocycles. The van der Waals surface area contributed by atoms with Gasteiger partial charge in [-0.15, -0.1) is 0 Å². The van der Waals surface area contributed by atoms with Crippen molar-refractivity contribution < 1.29 is 22.7 Å². The first-order valence-electron chi connectivity index (χ1n) is 2.79. The maximum absolute atomic E-state index is 12.2. The monoisotopic (exact) mass is 187 g/mol. The summed E-state index contributed by atoms with van der Waals surface area (Å²) in [5.41, 5.74) is 7.70. The zero-order valence-electron chi connectivity index (χ0n) is 5.66. The summed E-state index contributed by atoms with van der Waals surface area (Å²) in [5, 5.41) is 10.6. The summed E-state index contributed by atoms with van der Waals surface area (Å²) < 4.78 is 46.8. The molecule has 0 saturated carbocycles. The summed E-state index contributed by atoms with van der Waals surface area (Å²) in [6.45, 7) is -1.18. The first-order valence-corrected chi connectivity index (χ1v) is 2.79. The van der Waals surface area contributed by atoms with Crippen molar-refractivity contribution in [3.05, 3.63) is 10.4 Å². The molecule has 4 nitrogen and oxygen atoms in total. The molecule has 0 aliphatic carbocycles. The lowest BCUT2D eigenvalue weighted by Crippen LogP contribution is -2.36. The third-order valence-electron chi connectivity index (χ3n) is 1.04. The van der Waals surface area contributed by atoms with Crippen LogP contribution in [0.15, 0.2) is 5.11 Å². The third kappa shape index (κ3) is 2.93. The summed E-state index contributed by atoms with van der Waals surface area (Å²) in [6, 6.07) is -2.10. The maximum Gasteiger partial charge on any atom is 0.420 e. The first kappa shape index (κ1) is 11.0. The average molecular weight is 187 g/mol. The maximum atomic E-state index is 12.2. The van der Waals surface area contributed by atoms with Gasteiger partial charge in [-0.2, -0.15) is 13.2 Å². The average Bonchev–Trinajstić information content (AvgIpc) is 1.97. The molecule has 0 aliphatic rings. The molecule has 0 aliphatic heterocycles. The van der Waals surface area contributed by atoms with Crippen LogP contribution in [0.3, 0.4) is 0 Å². The number of halogens is 4. The van der Waals surface area contributed by atoms with E-state index in [-0.39, 0.29) is 0 Å². The van der Waals surface area contributed by atoms with E-state index in [1.54, 1.807) is 0 Å². The van der Waals surface area contributed by atoms with Crippen molar-refractivity contribution in [2.45, 2.75) is 18.4 Å². The van der Waals surface area contributed by atoms with Crippen molar-refractivity contribution in [2.75, 3.05) is 6.61 Å². The molecule has 8 heteroatoms. The summed E-state index contributed by atoms with van der Waals surface area (Å²) in [5.74, 6) is 0. The van der Waals surface area contributed by atoms with Gasteiger partial charge in [0.15, 0.2) is 0 Å². The molecule has 12 heavy (non-hydrogen) atoms. The van der Waals surface area contributed by atoms with Crippen LogP contribution in [0.5, 0.6) is 0 Å². The lowest BCUT2D eigenvalue weighted by atomic mass is 10.2. The number of aliphatic hydroxyl groups is 1. The Bertz CT molecular complexity index is 187. The van der Waals surface area contributed by atoms with Gasteiger partial charge in [0.1, 0.15) is 6.04 Å². The highest BCUT2D eigenvalue weighted by Crippen LogP contribution is 2.26. The molecule has 0 aromatic heterocycles.